The van der Waals surface area contributed by atoms with Crippen LogP contribution < -0.4 is 0 Å². The van der Waals surface area contributed by atoms with Gasteiger partial charge in [-0.25, -0.2) is 0 Å². The zero-order valence-electron chi connectivity index (χ0n) is 11.6. The molecular weight excluding hydrogens is 264 g/mol. The van der Waals surface area contributed by atoms with Crippen LogP contribution in [0.1, 0.15) is 29.9 Å². The molecule has 0 aliphatic carbocycles. The van der Waals surface area contributed by atoms with Gasteiger partial charge in [-0.15, -0.1) is 0 Å². The summed E-state index contributed by atoms with van der Waals surface area (Å²) in [6, 6.07) is 18.7. The van der Waals surface area contributed by atoms with Crippen molar-refractivity contribution < 1.29 is 4.92 Å². The molecule has 4 heteroatoms. The van der Waals surface area contributed by atoms with Crippen molar-refractivity contribution in [2.75, 3.05) is 0 Å². The van der Waals surface area contributed by atoms with E-state index in [1.54, 1.807) is 12.1 Å². The lowest BCUT2D eigenvalue weighted by molar-refractivity contribution is -0.384. The zero-order chi connectivity index (χ0) is 15.1. The van der Waals surface area contributed by atoms with Gasteiger partial charge in [0.05, 0.1) is 16.9 Å². The van der Waals surface area contributed by atoms with Gasteiger partial charge in [0.25, 0.3) is 5.69 Å². The molecule has 2 rings (SSSR count). The predicted molar refractivity (Wildman–Crippen MR) is 80.8 cm³/mol. The molecule has 1 unspecified atom stereocenters. The Balaban J connectivity index is 1.94. The molecule has 0 aliphatic heterocycles. The highest BCUT2D eigenvalue weighted by atomic mass is 16.6. The minimum Gasteiger partial charge on any atom is -0.258 e. The van der Waals surface area contributed by atoms with Crippen molar-refractivity contribution in [1.82, 2.24) is 0 Å². The maximum absolute atomic E-state index is 10.6. The fourth-order valence-corrected chi connectivity index (χ4v) is 2.29. The molecule has 0 aromatic heterocycles. The van der Waals surface area contributed by atoms with Gasteiger partial charge in [0.1, 0.15) is 0 Å². The van der Waals surface area contributed by atoms with Crippen molar-refractivity contribution in [2.24, 2.45) is 0 Å². The summed E-state index contributed by atoms with van der Waals surface area (Å²) in [5, 5.41) is 19.9. The molecule has 21 heavy (non-hydrogen) atoms. The average molecular weight is 280 g/mol. The number of hydrogen-bond acceptors (Lipinski definition) is 3. The SMILES string of the molecule is N#CC(CCCc1ccccc1)c1ccc([N+](=O)[O-])cc1. The Hall–Kier alpha value is -2.67. The molecule has 0 fully saturated rings. The lowest BCUT2D eigenvalue weighted by Gasteiger charge is -2.09. The zero-order valence-corrected chi connectivity index (χ0v) is 11.6. The van der Waals surface area contributed by atoms with Gasteiger partial charge in [0, 0.05) is 12.1 Å². The van der Waals surface area contributed by atoms with Crippen LogP contribution in [-0.2, 0) is 6.42 Å². The number of non-ortho nitro benzene ring substituents is 1. The monoisotopic (exact) mass is 280 g/mol. The highest BCUT2D eigenvalue weighted by molar-refractivity contribution is 5.36. The number of rotatable bonds is 6. The molecule has 0 amide bonds. The van der Waals surface area contributed by atoms with E-state index in [2.05, 4.69) is 18.2 Å². The van der Waals surface area contributed by atoms with Crippen molar-refractivity contribution in [1.29, 1.82) is 5.26 Å². The third-order valence-corrected chi connectivity index (χ3v) is 3.46. The Morgan fingerprint density at radius 3 is 2.33 bits per heavy atom. The number of hydrogen-bond donors (Lipinski definition) is 0. The minimum absolute atomic E-state index is 0.0553. The molecule has 0 radical (unpaired) electrons. The molecule has 0 aliphatic rings. The highest BCUT2D eigenvalue weighted by Gasteiger charge is 2.12. The summed E-state index contributed by atoms with van der Waals surface area (Å²) in [6.45, 7) is 0. The van der Waals surface area contributed by atoms with Crippen molar-refractivity contribution in [3.63, 3.8) is 0 Å². The lowest BCUT2D eigenvalue weighted by Crippen LogP contribution is -1.98. The summed E-state index contributed by atoms with van der Waals surface area (Å²) in [7, 11) is 0. The quantitative estimate of drug-likeness (QED) is 0.587. The Morgan fingerprint density at radius 2 is 1.76 bits per heavy atom. The maximum atomic E-state index is 10.6. The third kappa shape index (κ3) is 4.15. The highest BCUT2D eigenvalue weighted by Crippen LogP contribution is 2.23. The molecule has 2 aromatic carbocycles. The van der Waals surface area contributed by atoms with Gasteiger partial charge >= 0.3 is 0 Å². The first-order chi connectivity index (χ1) is 10.2. The molecular formula is C17H16N2O2. The number of nitrogens with zero attached hydrogens (tertiary/aromatic N) is 2. The number of nitro groups is 1. The Kier molecular flexibility index (Phi) is 5.05. The van der Waals surface area contributed by atoms with Crippen LogP contribution in [0, 0.1) is 21.4 Å². The normalized spacial score (nSPS) is 11.6. The number of aryl methyl sites for hydroxylation is 1. The molecule has 0 saturated heterocycles. The fraction of sp³-hybridized carbons (Fsp3) is 0.235. The molecule has 4 nitrogen and oxygen atoms in total. The number of benzene rings is 2. The van der Waals surface area contributed by atoms with Crippen molar-refractivity contribution >= 4 is 5.69 Å². The molecule has 0 spiro atoms. The second-order valence-electron chi connectivity index (χ2n) is 4.91. The Morgan fingerprint density at radius 1 is 1.10 bits per heavy atom. The van der Waals surface area contributed by atoms with Crippen LogP contribution >= 0.6 is 0 Å². The number of nitriles is 1. The molecule has 0 heterocycles. The van der Waals surface area contributed by atoms with E-state index in [-0.39, 0.29) is 11.6 Å². The summed E-state index contributed by atoms with van der Waals surface area (Å²) in [6.07, 6.45) is 2.61. The number of nitro benzene ring substituents is 1. The van der Waals surface area contributed by atoms with Crippen LogP contribution in [-0.4, -0.2) is 4.92 Å². The van der Waals surface area contributed by atoms with Crippen molar-refractivity contribution in [2.45, 2.75) is 25.2 Å². The van der Waals surface area contributed by atoms with Gasteiger partial charge in [0.2, 0.25) is 0 Å². The van der Waals surface area contributed by atoms with Crippen LogP contribution in [0.5, 0.6) is 0 Å². The van der Waals surface area contributed by atoms with Gasteiger partial charge in [-0.1, -0.05) is 42.5 Å². The summed E-state index contributed by atoms with van der Waals surface area (Å²) >= 11 is 0. The van der Waals surface area contributed by atoms with Crippen molar-refractivity contribution in [3.05, 3.63) is 75.8 Å². The van der Waals surface area contributed by atoms with E-state index >= 15 is 0 Å². The minimum atomic E-state index is -0.430. The summed E-state index contributed by atoms with van der Waals surface area (Å²) in [5.41, 5.74) is 2.16. The summed E-state index contributed by atoms with van der Waals surface area (Å²) in [4.78, 5) is 10.2. The van der Waals surface area contributed by atoms with E-state index in [0.29, 0.717) is 0 Å². The van der Waals surface area contributed by atoms with E-state index in [4.69, 9.17) is 0 Å². The van der Waals surface area contributed by atoms with E-state index in [1.165, 1.54) is 17.7 Å². The van der Waals surface area contributed by atoms with E-state index < -0.39 is 4.92 Å². The van der Waals surface area contributed by atoms with Crippen LogP contribution in [0.15, 0.2) is 54.6 Å². The second-order valence-corrected chi connectivity index (χ2v) is 4.91. The summed E-state index contributed by atoms with van der Waals surface area (Å²) in [5.74, 6) is -0.213. The molecule has 0 N–H and O–H groups in total. The van der Waals surface area contributed by atoms with E-state index in [1.807, 2.05) is 18.2 Å². The first-order valence-electron chi connectivity index (χ1n) is 6.88. The van der Waals surface area contributed by atoms with Crippen LogP contribution in [0.4, 0.5) is 5.69 Å². The molecule has 106 valence electrons. The molecule has 0 bridgehead atoms. The molecule has 1 atom stereocenters. The smallest absolute Gasteiger partial charge is 0.258 e. The van der Waals surface area contributed by atoms with Crippen LogP contribution in [0.2, 0.25) is 0 Å². The van der Waals surface area contributed by atoms with Gasteiger partial charge in [-0.05, 0) is 30.4 Å². The Bertz CT molecular complexity index is 630. The average Bonchev–Trinajstić information content (AvgIpc) is 2.53. The van der Waals surface area contributed by atoms with Gasteiger partial charge in [-0.3, -0.25) is 10.1 Å². The van der Waals surface area contributed by atoms with Crippen molar-refractivity contribution in [3.8, 4) is 6.07 Å². The molecule has 0 saturated carbocycles. The fourth-order valence-electron chi connectivity index (χ4n) is 2.29. The summed E-state index contributed by atoms with van der Waals surface area (Å²) < 4.78 is 0. The first-order valence-corrected chi connectivity index (χ1v) is 6.88. The molecule has 2 aromatic rings. The van der Waals surface area contributed by atoms with E-state index in [9.17, 15) is 15.4 Å². The lowest BCUT2D eigenvalue weighted by atomic mass is 9.93. The van der Waals surface area contributed by atoms with Crippen LogP contribution in [0.25, 0.3) is 0 Å². The van der Waals surface area contributed by atoms with Gasteiger partial charge in [0.15, 0.2) is 0 Å². The van der Waals surface area contributed by atoms with E-state index in [0.717, 1.165) is 24.8 Å². The standard InChI is InChI=1S/C17H16N2O2/c18-13-16(8-4-7-14-5-2-1-3-6-14)15-9-11-17(12-10-15)19(20)21/h1-3,5-6,9-12,16H,4,7-8H2. The largest absolute Gasteiger partial charge is 0.269 e. The second kappa shape index (κ2) is 7.20. The third-order valence-electron chi connectivity index (χ3n) is 3.46. The Labute approximate surface area is 123 Å². The predicted octanol–water partition coefficient (Wildman–Crippen LogP) is 4.22. The van der Waals surface area contributed by atoms with Gasteiger partial charge < -0.3 is 0 Å². The first kappa shape index (κ1) is 14.7. The topological polar surface area (TPSA) is 66.9 Å². The maximum Gasteiger partial charge on any atom is 0.269 e. The van der Waals surface area contributed by atoms with Gasteiger partial charge in [-0.2, -0.15) is 5.26 Å². The van der Waals surface area contributed by atoms with Crippen LogP contribution in [0.3, 0.4) is 0 Å².